The molecule has 4 heteroatoms. The molecule has 2 nitrogen and oxygen atoms in total. The second-order valence-corrected chi connectivity index (χ2v) is 5.59. The number of aryl methyl sites for hydroxylation is 2. The number of hydrogen-bond donors (Lipinski definition) is 1. The van der Waals surface area contributed by atoms with E-state index in [0.29, 0.717) is 21.2 Å². The molecule has 0 atom stereocenters. The Morgan fingerprint density at radius 3 is 2.43 bits per heavy atom. The van der Waals surface area contributed by atoms with E-state index in [0.717, 1.165) is 11.1 Å². The van der Waals surface area contributed by atoms with E-state index in [1.54, 1.807) is 30.3 Å². The molecule has 0 heterocycles. The molecule has 0 saturated carbocycles. The summed E-state index contributed by atoms with van der Waals surface area (Å²) in [6, 6.07) is 10.7. The van der Waals surface area contributed by atoms with Crippen molar-refractivity contribution in [2.24, 2.45) is 0 Å². The molecular weight excluding hydrogens is 307 g/mol. The highest BCUT2D eigenvalue weighted by Gasteiger charge is 2.13. The van der Waals surface area contributed by atoms with Crippen molar-refractivity contribution >= 4 is 40.8 Å². The topological polar surface area (TPSA) is 37.3 Å². The van der Waals surface area contributed by atoms with Gasteiger partial charge in [0.1, 0.15) is 0 Å². The summed E-state index contributed by atoms with van der Waals surface area (Å²) in [4.78, 5) is 11.6. The van der Waals surface area contributed by atoms with Crippen molar-refractivity contribution in [3.05, 3.63) is 68.7 Å². The second-order valence-electron chi connectivity index (χ2n) is 4.81. The van der Waals surface area contributed by atoms with E-state index in [2.05, 4.69) is 0 Å². The van der Waals surface area contributed by atoms with E-state index in [4.69, 9.17) is 23.2 Å². The SMILES string of the molecule is Cc1ccc(/C(=C/c2cccc(Cl)c2Cl)C(=O)O)cc1C. The van der Waals surface area contributed by atoms with Crippen LogP contribution in [0, 0.1) is 13.8 Å². The Morgan fingerprint density at radius 1 is 1.10 bits per heavy atom. The van der Waals surface area contributed by atoms with Gasteiger partial charge >= 0.3 is 5.97 Å². The van der Waals surface area contributed by atoms with E-state index >= 15 is 0 Å². The molecule has 0 aliphatic heterocycles. The van der Waals surface area contributed by atoms with Crippen LogP contribution in [-0.4, -0.2) is 11.1 Å². The van der Waals surface area contributed by atoms with Crippen LogP contribution in [0.25, 0.3) is 11.6 Å². The summed E-state index contributed by atoms with van der Waals surface area (Å²) in [7, 11) is 0. The molecule has 0 spiro atoms. The van der Waals surface area contributed by atoms with Gasteiger partial charge in [-0.25, -0.2) is 4.79 Å². The molecule has 2 aromatic carbocycles. The quantitative estimate of drug-likeness (QED) is 0.620. The molecule has 2 rings (SSSR count). The average Bonchev–Trinajstić information content (AvgIpc) is 2.43. The molecule has 1 N–H and O–H groups in total. The first kappa shape index (κ1) is 15.6. The predicted molar refractivity (Wildman–Crippen MR) is 87.9 cm³/mol. The number of carboxylic acid groups (broad SMARTS) is 1. The van der Waals surface area contributed by atoms with Crippen molar-refractivity contribution in [1.29, 1.82) is 0 Å². The van der Waals surface area contributed by atoms with E-state index in [1.165, 1.54) is 0 Å². The minimum atomic E-state index is -1.01. The summed E-state index contributed by atoms with van der Waals surface area (Å²) in [5, 5.41) is 10.2. The minimum Gasteiger partial charge on any atom is -0.478 e. The molecule has 0 amide bonds. The van der Waals surface area contributed by atoms with E-state index in [1.807, 2.05) is 26.0 Å². The molecule has 0 aliphatic rings. The molecule has 0 bridgehead atoms. The van der Waals surface area contributed by atoms with E-state index in [-0.39, 0.29) is 5.57 Å². The van der Waals surface area contributed by atoms with Crippen LogP contribution in [0.2, 0.25) is 10.0 Å². The summed E-state index contributed by atoms with van der Waals surface area (Å²) in [6.45, 7) is 3.93. The summed E-state index contributed by atoms with van der Waals surface area (Å²) in [6.07, 6.45) is 1.54. The van der Waals surface area contributed by atoms with Gasteiger partial charge in [-0.05, 0) is 48.2 Å². The van der Waals surface area contributed by atoms with Gasteiger partial charge in [-0.1, -0.05) is 53.5 Å². The fourth-order valence-corrected chi connectivity index (χ4v) is 2.33. The molecule has 0 saturated heterocycles. The lowest BCUT2D eigenvalue weighted by molar-refractivity contribution is -0.130. The number of rotatable bonds is 3. The molecule has 2 aromatic rings. The first-order chi connectivity index (χ1) is 9.90. The van der Waals surface area contributed by atoms with Crippen LogP contribution in [0.5, 0.6) is 0 Å². The highest BCUT2D eigenvalue weighted by atomic mass is 35.5. The van der Waals surface area contributed by atoms with Crippen LogP contribution in [0.15, 0.2) is 36.4 Å². The molecule has 0 aliphatic carbocycles. The first-order valence-corrected chi connectivity index (χ1v) is 7.12. The van der Waals surface area contributed by atoms with Crippen molar-refractivity contribution in [3.63, 3.8) is 0 Å². The van der Waals surface area contributed by atoms with Crippen molar-refractivity contribution in [2.75, 3.05) is 0 Å². The molecule has 108 valence electrons. The first-order valence-electron chi connectivity index (χ1n) is 6.37. The van der Waals surface area contributed by atoms with Crippen LogP contribution in [0.3, 0.4) is 0 Å². The van der Waals surface area contributed by atoms with Gasteiger partial charge in [-0.2, -0.15) is 0 Å². The van der Waals surface area contributed by atoms with Gasteiger partial charge in [0.15, 0.2) is 0 Å². The zero-order valence-electron chi connectivity index (χ0n) is 11.7. The summed E-state index contributed by atoms with van der Waals surface area (Å²) in [5.74, 6) is -1.01. The molecule has 21 heavy (non-hydrogen) atoms. The molecule has 0 radical (unpaired) electrons. The Bertz CT molecular complexity index is 734. The minimum absolute atomic E-state index is 0.183. The zero-order chi connectivity index (χ0) is 15.6. The third-order valence-corrected chi connectivity index (χ3v) is 4.16. The maximum Gasteiger partial charge on any atom is 0.336 e. The molecular formula is C17H14Cl2O2. The van der Waals surface area contributed by atoms with Crippen LogP contribution >= 0.6 is 23.2 Å². The Labute approximate surface area is 133 Å². The Balaban J connectivity index is 2.58. The normalized spacial score (nSPS) is 11.5. The van der Waals surface area contributed by atoms with Crippen molar-refractivity contribution in [2.45, 2.75) is 13.8 Å². The average molecular weight is 321 g/mol. The maximum absolute atomic E-state index is 11.6. The highest BCUT2D eigenvalue weighted by molar-refractivity contribution is 6.43. The third-order valence-electron chi connectivity index (χ3n) is 3.33. The fraction of sp³-hybridized carbons (Fsp3) is 0.118. The van der Waals surface area contributed by atoms with Gasteiger partial charge in [-0.15, -0.1) is 0 Å². The van der Waals surface area contributed by atoms with Crippen LogP contribution in [0.4, 0.5) is 0 Å². The lowest BCUT2D eigenvalue weighted by Crippen LogP contribution is -2.00. The summed E-state index contributed by atoms with van der Waals surface area (Å²) < 4.78 is 0. The van der Waals surface area contributed by atoms with E-state index < -0.39 is 5.97 Å². The number of aliphatic carboxylic acids is 1. The third kappa shape index (κ3) is 3.46. The number of benzene rings is 2. The standard InChI is InChI=1S/C17H14Cl2O2/c1-10-6-7-12(8-11(10)2)14(17(20)21)9-13-4-3-5-15(18)16(13)19/h3-9H,1-2H3,(H,20,21)/b14-9-. The zero-order valence-corrected chi connectivity index (χ0v) is 13.2. The Kier molecular flexibility index (Phi) is 4.71. The number of halogens is 2. The summed E-state index contributed by atoms with van der Waals surface area (Å²) >= 11 is 12.1. The lowest BCUT2D eigenvalue weighted by Gasteiger charge is -2.08. The van der Waals surface area contributed by atoms with Crippen LogP contribution in [-0.2, 0) is 4.79 Å². The molecule has 0 aromatic heterocycles. The number of carboxylic acids is 1. The van der Waals surface area contributed by atoms with Gasteiger partial charge in [-0.3, -0.25) is 0 Å². The van der Waals surface area contributed by atoms with Crippen LogP contribution in [0.1, 0.15) is 22.3 Å². The summed E-state index contributed by atoms with van der Waals surface area (Å²) in [5.41, 5.74) is 3.56. The molecule has 0 unspecified atom stereocenters. The Morgan fingerprint density at radius 2 is 1.81 bits per heavy atom. The molecule has 0 fully saturated rings. The van der Waals surface area contributed by atoms with Crippen molar-refractivity contribution in [3.8, 4) is 0 Å². The van der Waals surface area contributed by atoms with Crippen molar-refractivity contribution < 1.29 is 9.90 Å². The fourth-order valence-electron chi connectivity index (χ4n) is 1.96. The predicted octanol–water partition coefficient (Wildman–Crippen LogP) is 5.24. The Hall–Kier alpha value is -1.77. The van der Waals surface area contributed by atoms with Gasteiger partial charge in [0, 0.05) is 0 Å². The highest BCUT2D eigenvalue weighted by Crippen LogP contribution is 2.29. The van der Waals surface area contributed by atoms with E-state index in [9.17, 15) is 9.90 Å². The largest absolute Gasteiger partial charge is 0.478 e. The van der Waals surface area contributed by atoms with Crippen molar-refractivity contribution in [1.82, 2.24) is 0 Å². The number of carbonyl (C=O) groups is 1. The lowest BCUT2D eigenvalue weighted by atomic mass is 9.99. The smallest absolute Gasteiger partial charge is 0.336 e. The van der Waals surface area contributed by atoms with Gasteiger partial charge in [0.25, 0.3) is 0 Å². The van der Waals surface area contributed by atoms with Gasteiger partial charge in [0.2, 0.25) is 0 Å². The van der Waals surface area contributed by atoms with Gasteiger partial charge in [0.05, 0.1) is 15.6 Å². The van der Waals surface area contributed by atoms with Gasteiger partial charge < -0.3 is 5.11 Å². The van der Waals surface area contributed by atoms with Crippen LogP contribution < -0.4 is 0 Å². The number of hydrogen-bond acceptors (Lipinski definition) is 1. The maximum atomic E-state index is 11.6. The monoisotopic (exact) mass is 320 g/mol. The second kappa shape index (κ2) is 6.33.